The Morgan fingerprint density at radius 2 is 1.96 bits per heavy atom. The van der Waals surface area contributed by atoms with Gasteiger partial charge in [0.1, 0.15) is 5.75 Å². The maximum atomic E-state index is 13.4. The number of nitrogens with zero attached hydrogens (tertiary/aromatic N) is 2. The lowest BCUT2D eigenvalue weighted by Gasteiger charge is -2.34. The SMILES string of the molecule is CCN(CC)[C@@H](C)CCN1C(=O)C[C@]2(CCCc3cc(OC)ccc32)C1=O.Cl. The van der Waals surface area contributed by atoms with Crippen molar-refractivity contribution < 1.29 is 14.3 Å². The van der Waals surface area contributed by atoms with Crippen LogP contribution >= 0.6 is 12.4 Å². The van der Waals surface area contributed by atoms with E-state index in [0.29, 0.717) is 19.0 Å². The molecule has 2 amide bonds. The van der Waals surface area contributed by atoms with Gasteiger partial charge in [-0.25, -0.2) is 0 Å². The van der Waals surface area contributed by atoms with Gasteiger partial charge in [0.05, 0.1) is 12.5 Å². The average molecular weight is 409 g/mol. The van der Waals surface area contributed by atoms with E-state index in [9.17, 15) is 9.59 Å². The van der Waals surface area contributed by atoms with E-state index in [1.54, 1.807) is 7.11 Å². The summed E-state index contributed by atoms with van der Waals surface area (Å²) < 4.78 is 5.34. The van der Waals surface area contributed by atoms with Crippen LogP contribution in [0.15, 0.2) is 18.2 Å². The third kappa shape index (κ3) is 3.92. The molecule has 1 fully saturated rings. The van der Waals surface area contributed by atoms with Crippen LogP contribution in [0.2, 0.25) is 0 Å². The Morgan fingerprint density at radius 3 is 2.61 bits per heavy atom. The molecule has 0 aromatic heterocycles. The van der Waals surface area contributed by atoms with Crippen molar-refractivity contribution in [2.75, 3.05) is 26.7 Å². The molecule has 3 rings (SSSR count). The van der Waals surface area contributed by atoms with Crippen LogP contribution in [0.4, 0.5) is 0 Å². The monoisotopic (exact) mass is 408 g/mol. The first-order valence-corrected chi connectivity index (χ1v) is 10.2. The molecule has 0 unspecified atom stereocenters. The van der Waals surface area contributed by atoms with E-state index in [4.69, 9.17) is 4.74 Å². The largest absolute Gasteiger partial charge is 0.497 e. The molecule has 1 saturated heterocycles. The fourth-order valence-corrected chi connectivity index (χ4v) is 4.86. The van der Waals surface area contributed by atoms with Crippen LogP contribution < -0.4 is 4.74 Å². The van der Waals surface area contributed by atoms with Crippen LogP contribution in [0.3, 0.4) is 0 Å². The Labute approximate surface area is 174 Å². The van der Waals surface area contributed by atoms with E-state index in [0.717, 1.165) is 55.6 Å². The summed E-state index contributed by atoms with van der Waals surface area (Å²) in [5, 5.41) is 0. The third-order valence-corrected chi connectivity index (χ3v) is 6.49. The summed E-state index contributed by atoms with van der Waals surface area (Å²) in [7, 11) is 1.66. The summed E-state index contributed by atoms with van der Waals surface area (Å²) >= 11 is 0. The number of fused-ring (bicyclic) bond motifs is 2. The van der Waals surface area contributed by atoms with Gasteiger partial charge in [-0.3, -0.25) is 14.5 Å². The van der Waals surface area contributed by atoms with Crippen LogP contribution in [0, 0.1) is 0 Å². The summed E-state index contributed by atoms with van der Waals surface area (Å²) in [6.07, 6.45) is 3.77. The molecule has 5 nitrogen and oxygen atoms in total. The van der Waals surface area contributed by atoms with Crippen molar-refractivity contribution in [3.05, 3.63) is 29.3 Å². The number of aryl methyl sites for hydroxylation is 1. The van der Waals surface area contributed by atoms with Crippen LogP contribution in [-0.4, -0.2) is 54.4 Å². The van der Waals surface area contributed by atoms with E-state index in [1.807, 2.05) is 18.2 Å². The van der Waals surface area contributed by atoms with E-state index < -0.39 is 5.41 Å². The van der Waals surface area contributed by atoms with Crippen molar-refractivity contribution in [2.24, 2.45) is 0 Å². The number of likely N-dealkylation sites (tertiary alicyclic amines) is 1. The molecule has 28 heavy (non-hydrogen) atoms. The highest BCUT2D eigenvalue weighted by Gasteiger charge is 2.53. The predicted molar refractivity (Wildman–Crippen MR) is 113 cm³/mol. The molecule has 1 aromatic carbocycles. The quantitative estimate of drug-likeness (QED) is 0.647. The lowest BCUT2D eigenvalue weighted by atomic mass is 9.69. The highest BCUT2D eigenvalue weighted by molar-refractivity contribution is 6.09. The molecule has 0 saturated carbocycles. The number of carbonyl (C=O) groups is 2. The van der Waals surface area contributed by atoms with Gasteiger partial charge < -0.3 is 9.64 Å². The zero-order valence-corrected chi connectivity index (χ0v) is 18.3. The minimum absolute atomic E-state index is 0. The number of hydrogen-bond acceptors (Lipinski definition) is 4. The van der Waals surface area contributed by atoms with Crippen molar-refractivity contribution in [3.8, 4) is 5.75 Å². The number of ether oxygens (including phenoxy) is 1. The maximum Gasteiger partial charge on any atom is 0.240 e. The van der Waals surface area contributed by atoms with Gasteiger partial charge in [-0.2, -0.15) is 0 Å². The van der Waals surface area contributed by atoms with Gasteiger partial charge in [0.15, 0.2) is 0 Å². The average Bonchev–Trinajstić information content (AvgIpc) is 2.91. The minimum Gasteiger partial charge on any atom is -0.497 e. The van der Waals surface area contributed by atoms with Gasteiger partial charge in [0.2, 0.25) is 11.8 Å². The molecule has 1 heterocycles. The number of methoxy groups -OCH3 is 1. The molecule has 1 aliphatic carbocycles. The normalized spacial score (nSPS) is 22.4. The van der Waals surface area contributed by atoms with E-state index in [-0.39, 0.29) is 24.2 Å². The lowest BCUT2D eigenvalue weighted by molar-refractivity contribution is -0.140. The van der Waals surface area contributed by atoms with E-state index in [1.165, 1.54) is 4.90 Å². The second-order valence-electron chi connectivity index (χ2n) is 7.84. The molecule has 1 spiro atoms. The van der Waals surface area contributed by atoms with E-state index >= 15 is 0 Å². The van der Waals surface area contributed by atoms with Gasteiger partial charge in [-0.05, 0) is 69.0 Å². The van der Waals surface area contributed by atoms with Crippen molar-refractivity contribution in [3.63, 3.8) is 0 Å². The minimum atomic E-state index is -0.657. The van der Waals surface area contributed by atoms with Gasteiger partial charge in [-0.15, -0.1) is 12.4 Å². The second-order valence-corrected chi connectivity index (χ2v) is 7.84. The fourth-order valence-electron chi connectivity index (χ4n) is 4.86. The third-order valence-electron chi connectivity index (χ3n) is 6.49. The zero-order valence-electron chi connectivity index (χ0n) is 17.5. The summed E-state index contributed by atoms with van der Waals surface area (Å²) in [4.78, 5) is 30.1. The Kier molecular flexibility index (Phi) is 7.52. The van der Waals surface area contributed by atoms with Crippen molar-refractivity contribution in [1.29, 1.82) is 0 Å². The van der Waals surface area contributed by atoms with Crippen molar-refractivity contribution in [2.45, 2.75) is 64.3 Å². The molecule has 0 radical (unpaired) electrons. The predicted octanol–water partition coefficient (Wildman–Crippen LogP) is 3.57. The van der Waals surface area contributed by atoms with Crippen LogP contribution in [0.1, 0.15) is 57.6 Å². The molecule has 0 bridgehead atoms. The highest BCUT2D eigenvalue weighted by Crippen LogP contribution is 2.46. The van der Waals surface area contributed by atoms with Crippen molar-refractivity contribution in [1.82, 2.24) is 9.80 Å². The van der Waals surface area contributed by atoms with Crippen molar-refractivity contribution >= 4 is 24.2 Å². The summed E-state index contributed by atoms with van der Waals surface area (Å²) in [6.45, 7) is 8.96. The van der Waals surface area contributed by atoms with E-state index in [2.05, 4.69) is 25.7 Å². The highest BCUT2D eigenvalue weighted by atomic mass is 35.5. The molecule has 6 heteroatoms. The summed E-state index contributed by atoms with van der Waals surface area (Å²) in [5.41, 5.74) is 1.53. The summed E-state index contributed by atoms with van der Waals surface area (Å²) in [5.74, 6) is 0.799. The molecule has 1 aliphatic heterocycles. The first kappa shape index (κ1) is 22.7. The Balaban J connectivity index is 0.00000280. The Morgan fingerprint density at radius 1 is 1.25 bits per heavy atom. The van der Waals surface area contributed by atoms with Gasteiger partial charge in [0, 0.05) is 19.0 Å². The topological polar surface area (TPSA) is 49.9 Å². The molecule has 0 N–H and O–H groups in total. The van der Waals surface area contributed by atoms with Gasteiger partial charge >= 0.3 is 0 Å². The maximum absolute atomic E-state index is 13.4. The fraction of sp³-hybridized carbons (Fsp3) is 0.636. The Hall–Kier alpha value is -1.59. The number of imide groups is 1. The van der Waals surface area contributed by atoms with Crippen LogP contribution in [0.25, 0.3) is 0 Å². The molecule has 2 aliphatic rings. The number of amides is 2. The smallest absolute Gasteiger partial charge is 0.240 e. The van der Waals surface area contributed by atoms with Crippen LogP contribution in [-0.2, 0) is 21.4 Å². The molecular weight excluding hydrogens is 376 g/mol. The molecule has 156 valence electrons. The first-order chi connectivity index (χ1) is 13.0. The Bertz CT molecular complexity index is 720. The van der Waals surface area contributed by atoms with Crippen LogP contribution in [0.5, 0.6) is 5.75 Å². The first-order valence-electron chi connectivity index (χ1n) is 10.2. The number of carbonyl (C=O) groups excluding carboxylic acids is 2. The van der Waals surface area contributed by atoms with Gasteiger partial charge in [0.25, 0.3) is 0 Å². The molecular formula is C22H33ClN2O3. The number of rotatable bonds is 7. The number of benzene rings is 1. The zero-order chi connectivity index (χ0) is 19.6. The molecule has 2 atom stereocenters. The second kappa shape index (κ2) is 9.27. The lowest BCUT2D eigenvalue weighted by Crippen LogP contribution is -2.42. The van der Waals surface area contributed by atoms with Gasteiger partial charge in [-0.1, -0.05) is 19.9 Å². The summed E-state index contributed by atoms with van der Waals surface area (Å²) in [6, 6.07) is 6.30. The number of hydrogen-bond donors (Lipinski definition) is 0. The molecule has 1 aromatic rings. The number of halogens is 1. The standard InChI is InChI=1S/C22H32N2O3.ClH/c1-5-23(6-2)16(3)11-13-24-20(25)15-22(21(24)26)12-7-8-17-14-18(27-4)9-10-19(17)22;/h9-10,14,16H,5-8,11-13,15H2,1-4H3;1H/t16-,22-;/m0./s1.